The Morgan fingerprint density at radius 1 is 1.05 bits per heavy atom. The third-order valence-corrected chi connectivity index (χ3v) is 5.50. The van der Waals surface area contributed by atoms with Gasteiger partial charge in [-0.1, -0.05) is 19.9 Å². The van der Waals surface area contributed by atoms with E-state index in [0.717, 1.165) is 4.57 Å². The summed E-state index contributed by atoms with van der Waals surface area (Å²) in [5.74, 6) is -4.37. The van der Waals surface area contributed by atoms with Crippen LogP contribution >= 0.6 is 0 Å². The van der Waals surface area contributed by atoms with E-state index in [-0.39, 0.29) is 37.5 Å². The molecule has 0 aliphatic rings. The molecule has 2 atom stereocenters. The maximum Gasteiger partial charge on any atom is 0.330 e. The summed E-state index contributed by atoms with van der Waals surface area (Å²) in [6.07, 6.45) is 3.68. The van der Waals surface area contributed by atoms with Gasteiger partial charge in [-0.15, -0.1) is 0 Å². The Bertz CT molecular complexity index is 1170. The van der Waals surface area contributed by atoms with Gasteiger partial charge in [-0.3, -0.25) is 24.0 Å². The summed E-state index contributed by atoms with van der Waals surface area (Å²) in [6.45, 7) is 5.14. The molecule has 0 saturated carbocycles. The second-order valence-electron chi connectivity index (χ2n) is 9.36. The molecule has 1 aromatic rings. The number of pyridine rings is 1. The Morgan fingerprint density at radius 2 is 1.73 bits per heavy atom. The van der Waals surface area contributed by atoms with E-state index in [1.165, 1.54) is 37.6 Å². The fourth-order valence-electron chi connectivity index (χ4n) is 3.59. The maximum atomic E-state index is 13.0. The van der Waals surface area contributed by atoms with Crippen LogP contribution < -0.4 is 21.5 Å². The Balaban J connectivity index is 3.01. The fraction of sp³-hybridized carbons (Fsp3) is 0.519. The quantitative estimate of drug-likeness (QED) is 0.151. The molecular weight excluding hydrogens is 540 g/mol. The topological polar surface area (TPSA) is 199 Å². The summed E-state index contributed by atoms with van der Waals surface area (Å²) in [4.78, 5) is 85.1. The van der Waals surface area contributed by atoms with Gasteiger partial charge in [0.2, 0.25) is 17.7 Å². The standard InChI is InChI=1S/C27H38N4O10/c1-5-41-24(36)11-7-6-9-18(28-21(32)12-13-23(34)35)25(37)30-19-10-8-14-31(26(19)38)16-22(33)29-20(15-17(2)3)27(39)40-4/h7-8,10-11,14,17-18,20H,5-6,9,12-13,15-16H2,1-4H3,(H,28,32)(H,29,33)(H,30,37)(H,34,35)/b11-7+/t18-,20+/m0/s1. The monoisotopic (exact) mass is 578 g/mol. The number of allylic oxidation sites excluding steroid dienone is 1. The molecule has 0 aliphatic carbocycles. The van der Waals surface area contributed by atoms with E-state index in [9.17, 15) is 33.6 Å². The van der Waals surface area contributed by atoms with E-state index in [4.69, 9.17) is 14.6 Å². The van der Waals surface area contributed by atoms with Gasteiger partial charge in [-0.05, 0) is 44.2 Å². The zero-order valence-corrected chi connectivity index (χ0v) is 23.6. The lowest BCUT2D eigenvalue weighted by Gasteiger charge is -2.19. The summed E-state index contributed by atoms with van der Waals surface area (Å²) in [6, 6.07) is 0.679. The minimum absolute atomic E-state index is 0.0226. The number of carbonyl (C=O) groups excluding carboxylic acids is 5. The molecule has 0 spiro atoms. The number of ether oxygens (including phenoxy) is 2. The summed E-state index contributed by atoms with van der Waals surface area (Å²) < 4.78 is 10.6. The van der Waals surface area contributed by atoms with Gasteiger partial charge in [-0.2, -0.15) is 0 Å². The number of aliphatic carboxylic acids is 1. The van der Waals surface area contributed by atoms with Crippen LogP contribution in [0.2, 0.25) is 0 Å². The van der Waals surface area contributed by atoms with Crippen molar-refractivity contribution in [2.75, 3.05) is 19.0 Å². The zero-order chi connectivity index (χ0) is 30.9. The SMILES string of the molecule is CCOC(=O)/C=C/CC[C@H](NC(=O)CCC(=O)O)C(=O)Nc1cccn(CC(=O)N[C@H](CC(C)C)C(=O)OC)c1=O. The molecule has 3 amide bonds. The largest absolute Gasteiger partial charge is 0.481 e. The lowest BCUT2D eigenvalue weighted by atomic mass is 10.0. The first-order chi connectivity index (χ1) is 19.4. The van der Waals surface area contributed by atoms with E-state index in [2.05, 4.69) is 16.0 Å². The van der Waals surface area contributed by atoms with Crippen LogP contribution in [0.4, 0.5) is 5.69 Å². The molecule has 0 fully saturated rings. The van der Waals surface area contributed by atoms with E-state index in [0.29, 0.717) is 6.42 Å². The van der Waals surface area contributed by atoms with Gasteiger partial charge in [-0.25, -0.2) is 9.59 Å². The van der Waals surface area contributed by atoms with Gasteiger partial charge in [0.05, 0.1) is 20.1 Å². The number of hydrogen-bond donors (Lipinski definition) is 4. The molecular formula is C27H38N4O10. The maximum absolute atomic E-state index is 13.0. The van der Waals surface area contributed by atoms with Crippen molar-refractivity contribution in [3.05, 3.63) is 40.8 Å². The van der Waals surface area contributed by atoms with Crippen LogP contribution in [0.5, 0.6) is 0 Å². The summed E-state index contributed by atoms with van der Waals surface area (Å²) in [5, 5.41) is 16.2. The first-order valence-corrected chi connectivity index (χ1v) is 13.1. The molecule has 1 rings (SSSR count). The molecule has 0 saturated heterocycles. The van der Waals surface area contributed by atoms with Crippen LogP contribution in [0.3, 0.4) is 0 Å². The smallest absolute Gasteiger partial charge is 0.330 e. The number of anilines is 1. The van der Waals surface area contributed by atoms with Gasteiger partial charge in [0.15, 0.2) is 0 Å². The van der Waals surface area contributed by atoms with Crippen molar-refractivity contribution in [1.82, 2.24) is 15.2 Å². The molecule has 0 aromatic carbocycles. The van der Waals surface area contributed by atoms with Crippen molar-refractivity contribution in [2.45, 2.75) is 71.5 Å². The van der Waals surface area contributed by atoms with E-state index < -0.39 is 66.2 Å². The van der Waals surface area contributed by atoms with Crippen LogP contribution in [0.1, 0.15) is 52.9 Å². The number of amides is 3. The van der Waals surface area contributed by atoms with Crippen molar-refractivity contribution >= 4 is 41.3 Å². The second-order valence-corrected chi connectivity index (χ2v) is 9.36. The number of esters is 2. The predicted octanol–water partition coefficient (Wildman–Crippen LogP) is 0.740. The van der Waals surface area contributed by atoms with E-state index in [1.807, 2.05) is 13.8 Å². The van der Waals surface area contributed by atoms with Gasteiger partial charge in [0, 0.05) is 18.7 Å². The van der Waals surface area contributed by atoms with Crippen LogP contribution in [0.15, 0.2) is 35.3 Å². The number of methoxy groups -OCH3 is 1. The molecule has 14 nitrogen and oxygen atoms in total. The highest BCUT2D eigenvalue weighted by Crippen LogP contribution is 2.08. The average molecular weight is 579 g/mol. The number of carboxylic acids is 1. The molecule has 0 unspecified atom stereocenters. The van der Waals surface area contributed by atoms with Gasteiger partial charge < -0.3 is 35.1 Å². The summed E-state index contributed by atoms with van der Waals surface area (Å²) in [7, 11) is 1.21. The lowest BCUT2D eigenvalue weighted by Crippen LogP contribution is -2.45. The van der Waals surface area contributed by atoms with Crippen molar-refractivity contribution in [2.24, 2.45) is 5.92 Å². The summed E-state index contributed by atoms with van der Waals surface area (Å²) in [5.41, 5.74) is -0.892. The Kier molecular flexibility index (Phi) is 15.1. The molecule has 0 bridgehead atoms. The molecule has 4 N–H and O–H groups in total. The number of carbonyl (C=O) groups is 6. The van der Waals surface area contributed by atoms with Gasteiger partial charge in [0.25, 0.3) is 5.56 Å². The van der Waals surface area contributed by atoms with Crippen LogP contribution in [0, 0.1) is 5.92 Å². The number of nitrogens with zero attached hydrogens (tertiary/aromatic N) is 1. The molecule has 1 heterocycles. The predicted molar refractivity (Wildman–Crippen MR) is 147 cm³/mol. The van der Waals surface area contributed by atoms with Gasteiger partial charge in [0.1, 0.15) is 24.3 Å². The first-order valence-electron chi connectivity index (χ1n) is 13.1. The highest BCUT2D eigenvalue weighted by molar-refractivity contribution is 5.97. The highest BCUT2D eigenvalue weighted by Gasteiger charge is 2.24. The number of aromatic nitrogens is 1. The summed E-state index contributed by atoms with van der Waals surface area (Å²) >= 11 is 0. The third kappa shape index (κ3) is 13.4. The normalized spacial score (nSPS) is 12.3. The first kappa shape index (κ1) is 34.5. The Hall–Kier alpha value is -4.49. The number of rotatable bonds is 17. The molecule has 0 radical (unpaired) electrons. The number of carboxylic acid groups (broad SMARTS) is 1. The van der Waals surface area contributed by atoms with Crippen molar-refractivity contribution in [3.63, 3.8) is 0 Å². The molecule has 41 heavy (non-hydrogen) atoms. The Labute approximate surface area is 237 Å². The van der Waals surface area contributed by atoms with E-state index >= 15 is 0 Å². The minimum Gasteiger partial charge on any atom is -0.481 e. The minimum atomic E-state index is -1.19. The van der Waals surface area contributed by atoms with Crippen LogP contribution in [-0.2, 0) is 44.8 Å². The number of nitrogens with one attached hydrogen (secondary N) is 3. The third-order valence-electron chi connectivity index (χ3n) is 5.50. The number of hydrogen-bond acceptors (Lipinski definition) is 9. The molecule has 14 heteroatoms. The van der Waals surface area contributed by atoms with Crippen LogP contribution in [0.25, 0.3) is 0 Å². The van der Waals surface area contributed by atoms with Crippen molar-refractivity contribution in [1.29, 1.82) is 0 Å². The second kappa shape index (κ2) is 18.0. The lowest BCUT2D eigenvalue weighted by molar-refractivity contribution is -0.145. The van der Waals surface area contributed by atoms with E-state index in [1.54, 1.807) is 6.92 Å². The van der Waals surface area contributed by atoms with Crippen molar-refractivity contribution in [3.8, 4) is 0 Å². The van der Waals surface area contributed by atoms with Crippen molar-refractivity contribution < 1.29 is 43.3 Å². The fourth-order valence-corrected chi connectivity index (χ4v) is 3.59. The average Bonchev–Trinajstić information content (AvgIpc) is 2.90. The molecule has 1 aromatic heterocycles. The van der Waals surface area contributed by atoms with Gasteiger partial charge >= 0.3 is 17.9 Å². The molecule has 226 valence electrons. The highest BCUT2D eigenvalue weighted by atomic mass is 16.5. The molecule has 0 aliphatic heterocycles. The Morgan fingerprint density at radius 3 is 2.34 bits per heavy atom. The zero-order valence-electron chi connectivity index (χ0n) is 23.6. The van der Waals surface area contributed by atoms with Crippen LogP contribution in [-0.4, -0.2) is 71.1 Å².